The van der Waals surface area contributed by atoms with Crippen LogP contribution in [0.25, 0.3) is 0 Å². The Labute approximate surface area is 168 Å². The molecule has 3 rings (SSSR count). The maximum atomic E-state index is 12.5. The van der Waals surface area contributed by atoms with Gasteiger partial charge in [-0.25, -0.2) is 5.10 Å². The van der Waals surface area contributed by atoms with Gasteiger partial charge in [0.15, 0.2) is 6.61 Å². The van der Waals surface area contributed by atoms with Gasteiger partial charge in [-0.3, -0.25) is 14.4 Å². The molecule has 0 bridgehead atoms. The van der Waals surface area contributed by atoms with Crippen LogP contribution in [-0.2, 0) is 4.79 Å². The van der Waals surface area contributed by atoms with E-state index in [2.05, 4.69) is 10.2 Å². The summed E-state index contributed by atoms with van der Waals surface area (Å²) in [6.45, 7) is 4.32. The average molecular weight is 400 g/mol. The first-order valence-corrected chi connectivity index (χ1v) is 9.55. The number of ether oxygens (including phenoxy) is 2. The lowest BCUT2D eigenvalue weighted by atomic mass is 10.3. The van der Waals surface area contributed by atoms with Crippen molar-refractivity contribution in [2.45, 2.75) is 13.3 Å². The highest BCUT2D eigenvalue weighted by Crippen LogP contribution is 2.17. The molecule has 1 N–H and O–H groups in total. The minimum Gasteiger partial charge on any atom is -0.494 e. The van der Waals surface area contributed by atoms with Gasteiger partial charge in [-0.05, 0) is 43.7 Å². The van der Waals surface area contributed by atoms with E-state index in [1.807, 2.05) is 6.92 Å². The molecule has 9 nitrogen and oxygen atoms in total. The molecule has 0 radical (unpaired) electrons. The van der Waals surface area contributed by atoms with E-state index in [4.69, 9.17) is 9.47 Å². The van der Waals surface area contributed by atoms with E-state index in [1.165, 1.54) is 12.1 Å². The molecule has 0 atom stereocenters. The zero-order valence-corrected chi connectivity index (χ0v) is 16.3. The topological polar surface area (TPSA) is 105 Å². The molecule has 9 heteroatoms. The lowest BCUT2D eigenvalue weighted by molar-refractivity contribution is -0.133. The Kier molecular flexibility index (Phi) is 6.83. The smallest absolute Gasteiger partial charge is 0.274 e. The maximum absolute atomic E-state index is 12.5. The van der Waals surface area contributed by atoms with Crippen LogP contribution in [0.5, 0.6) is 11.5 Å². The van der Waals surface area contributed by atoms with E-state index in [1.54, 1.807) is 34.1 Å². The van der Waals surface area contributed by atoms with Crippen molar-refractivity contribution in [3.05, 3.63) is 52.4 Å². The summed E-state index contributed by atoms with van der Waals surface area (Å²) in [5, 5.41) is 6.04. The highest BCUT2D eigenvalue weighted by atomic mass is 16.5. The van der Waals surface area contributed by atoms with Crippen molar-refractivity contribution in [1.82, 2.24) is 20.0 Å². The Morgan fingerprint density at radius 1 is 0.966 bits per heavy atom. The molecule has 2 amide bonds. The summed E-state index contributed by atoms with van der Waals surface area (Å²) >= 11 is 0. The van der Waals surface area contributed by atoms with Crippen molar-refractivity contribution in [1.29, 1.82) is 0 Å². The number of nitrogens with one attached hydrogen (secondary N) is 1. The minimum atomic E-state index is -0.360. The molecular weight excluding hydrogens is 376 g/mol. The van der Waals surface area contributed by atoms with Crippen LogP contribution in [0.3, 0.4) is 0 Å². The number of hydrogen-bond donors (Lipinski definition) is 1. The number of rotatable bonds is 6. The van der Waals surface area contributed by atoms with E-state index in [0.29, 0.717) is 45.0 Å². The van der Waals surface area contributed by atoms with Gasteiger partial charge in [0.2, 0.25) is 0 Å². The number of amides is 2. The Bertz CT molecular complexity index is 876. The molecule has 154 valence electrons. The molecule has 1 aliphatic rings. The highest BCUT2D eigenvalue weighted by Gasteiger charge is 2.23. The van der Waals surface area contributed by atoms with E-state index in [0.717, 1.165) is 5.75 Å². The fourth-order valence-electron chi connectivity index (χ4n) is 3.03. The maximum Gasteiger partial charge on any atom is 0.274 e. The van der Waals surface area contributed by atoms with E-state index >= 15 is 0 Å². The largest absolute Gasteiger partial charge is 0.494 e. The summed E-state index contributed by atoms with van der Waals surface area (Å²) in [7, 11) is 0. The summed E-state index contributed by atoms with van der Waals surface area (Å²) < 4.78 is 11.0. The predicted molar refractivity (Wildman–Crippen MR) is 105 cm³/mol. The van der Waals surface area contributed by atoms with Gasteiger partial charge in [0.25, 0.3) is 17.4 Å². The van der Waals surface area contributed by atoms with Gasteiger partial charge in [0.05, 0.1) is 6.61 Å². The standard InChI is InChI=1S/C20H24N4O5/c1-2-28-15-4-6-16(7-5-15)29-14-19(26)23-10-3-11-24(13-12-23)20(27)17-8-9-18(25)22-21-17/h4-9H,2-3,10-14H2,1H3,(H,22,25). The van der Waals surface area contributed by atoms with Gasteiger partial charge in [-0.2, -0.15) is 5.10 Å². The van der Waals surface area contributed by atoms with Crippen molar-refractivity contribution in [3.63, 3.8) is 0 Å². The van der Waals surface area contributed by atoms with Crippen molar-refractivity contribution in [2.75, 3.05) is 39.4 Å². The van der Waals surface area contributed by atoms with Crippen molar-refractivity contribution >= 4 is 11.8 Å². The number of benzene rings is 1. The first-order valence-electron chi connectivity index (χ1n) is 9.55. The first kappa shape index (κ1) is 20.4. The van der Waals surface area contributed by atoms with Crippen LogP contribution in [0.15, 0.2) is 41.2 Å². The van der Waals surface area contributed by atoms with Crippen LogP contribution in [0.1, 0.15) is 23.8 Å². The first-order chi connectivity index (χ1) is 14.1. The van der Waals surface area contributed by atoms with Gasteiger partial charge in [0, 0.05) is 32.2 Å². The second-order valence-corrected chi connectivity index (χ2v) is 6.53. The molecule has 1 aromatic heterocycles. The Balaban J connectivity index is 1.50. The predicted octanol–water partition coefficient (Wildman–Crippen LogP) is 0.922. The van der Waals surface area contributed by atoms with Gasteiger partial charge >= 0.3 is 0 Å². The second-order valence-electron chi connectivity index (χ2n) is 6.53. The lowest BCUT2D eigenvalue weighted by Crippen LogP contribution is -2.39. The highest BCUT2D eigenvalue weighted by molar-refractivity contribution is 5.92. The lowest BCUT2D eigenvalue weighted by Gasteiger charge is -2.22. The quantitative estimate of drug-likeness (QED) is 0.773. The fraction of sp³-hybridized carbons (Fsp3) is 0.400. The molecule has 0 spiro atoms. The zero-order valence-electron chi connectivity index (χ0n) is 16.3. The molecule has 1 fully saturated rings. The average Bonchev–Trinajstić information content (AvgIpc) is 3.00. The summed E-state index contributed by atoms with van der Waals surface area (Å²) in [6.07, 6.45) is 0.657. The van der Waals surface area contributed by atoms with Crippen molar-refractivity contribution in [3.8, 4) is 11.5 Å². The van der Waals surface area contributed by atoms with E-state index in [9.17, 15) is 14.4 Å². The van der Waals surface area contributed by atoms with E-state index in [-0.39, 0.29) is 29.7 Å². The summed E-state index contributed by atoms with van der Waals surface area (Å²) in [5.74, 6) is 0.953. The van der Waals surface area contributed by atoms with Gasteiger partial charge in [-0.1, -0.05) is 0 Å². The molecule has 1 aliphatic heterocycles. The number of aromatic nitrogens is 2. The third-order valence-corrected chi connectivity index (χ3v) is 4.53. The normalized spacial score (nSPS) is 14.2. The molecule has 2 heterocycles. The Morgan fingerprint density at radius 2 is 1.62 bits per heavy atom. The summed E-state index contributed by atoms with van der Waals surface area (Å²) in [4.78, 5) is 39.5. The monoisotopic (exact) mass is 400 g/mol. The van der Waals surface area contributed by atoms with Gasteiger partial charge in [-0.15, -0.1) is 0 Å². The second kappa shape index (κ2) is 9.72. The SMILES string of the molecule is CCOc1ccc(OCC(=O)N2CCCN(C(=O)c3ccc(=O)[nH]n3)CC2)cc1. The fourth-order valence-corrected chi connectivity index (χ4v) is 3.03. The molecular formula is C20H24N4O5. The number of carbonyl (C=O) groups is 2. The third kappa shape index (κ3) is 5.56. The number of carbonyl (C=O) groups excluding carboxylic acids is 2. The van der Waals surface area contributed by atoms with E-state index < -0.39 is 0 Å². The number of H-pyrrole nitrogens is 1. The molecule has 1 aromatic carbocycles. The molecule has 0 unspecified atom stereocenters. The van der Waals surface area contributed by atoms with Crippen LogP contribution >= 0.6 is 0 Å². The molecule has 29 heavy (non-hydrogen) atoms. The minimum absolute atomic E-state index is 0.0661. The number of nitrogens with zero attached hydrogens (tertiary/aromatic N) is 3. The van der Waals surface area contributed by atoms with Crippen molar-refractivity contribution < 1.29 is 19.1 Å². The van der Waals surface area contributed by atoms with Crippen LogP contribution in [-0.4, -0.2) is 71.2 Å². The number of hydrogen-bond acceptors (Lipinski definition) is 6. The number of aromatic amines is 1. The molecule has 0 aliphatic carbocycles. The van der Waals surface area contributed by atoms with Gasteiger partial charge < -0.3 is 19.3 Å². The molecule has 2 aromatic rings. The van der Waals surface area contributed by atoms with Crippen LogP contribution < -0.4 is 15.0 Å². The Hall–Kier alpha value is -3.36. The van der Waals surface area contributed by atoms with Crippen molar-refractivity contribution in [2.24, 2.45) is 0 Å². The zero-order chi connectivity index (χ0) is 20.6. The van der Waals surface area contributed by atoms with Crippen LogP contribution in [0.2, 0.25) is 0 Å². The van der Waals surface area contributed by atoms with Gasteiger partial charge in [0.1, 0.15) is 17.2 Å². The summed E-state index contributed by atoms with van der Waals surface area (Å²) in [5.41, 5.74) is -0.176. The molecule has 0 saturated carbocycles. The third-order valence-electron chi connectivity index (χ3n) is 4.53. The van der Waals surface area contributed by atoms with Crippen LogP contribution in [0, 0.1) is 0 Å². The van der Waals surface area contributed by atoms with Crippen LogP contribution in [0.4, 0.5) is 0 Å². The summed E-state index contributed by atoms with van der Waals surface area (Å²) in [6, 6.07) is 9.79. The molecule has 1 saturated heterocycles. The Morgan fingerprint density at radius 3 is 2.28 bits per heavy atom.